The molecule has 0 amide bonds. The zero-order valence-corrected chi connectivity index (χ0v) is 12.6. The van der Waals surface area contributed by atoms with Crippen LogP contribution in [0.3, 0.4) is 0 Å². The van der Waals surface area contributed by atoms with E-state index in [4.69, 9.17) is 0 Å². The molecule has 1 aliphatic rings. The second-order valence-electron chi connectivity index (χ2n) is 5.32. The Labute approximate surface area is 118 Å². The van der Waals surface area contributed by atoms with Crippen LogP contribution in [-0.4, -0.2) is 35.7 Å². The third-order valence-corrected chi connectivity index (χ3v) is 4.48. The predicted molar refractivity (Wildman–Crippen MR) is 78.7 cm³/mol. The van der Waals surface area contributed by atoms with Gasteiger partial charge >= 0.3 is 0 Å². The number of aliphatic hydroxyl groups is 1. The topological polar surface area (TPSA) is 23.5 Å². The molecule has 1 aliphatic carbocycles. The normalized spacial score (nSPS) is 24.4. The number of aliphatic hydroxyl groups excluding tert-OH is 1. The molecule has 1 N–H and O–H groups in total. The summed E-state index contributed by atoms with van der Waals surface area (Å²) in [5.74, 6) is 0. The van der Waals surface area contributed by atoms with Crippen LogP contribution >= 0.6 is 15.9 Å². The minimum atomic E-state index is -0.0545. The van der Waals surface area contributed by atoms with E-state index in [0.717, 1.165) is 43.1 Å². The van der Waals surface area contributed by atoms with Crippen molar-refractivity contribution in [2.45, 2.75) is 44.2 Å². The number of hydrogen-bond donors (Lipinski definition) is 1. The Balaban J connectivity index is 1.77. The van der Waals surface area contributed by atoms with Gasteiger partial charge in [0.05, 0.1) is 6.10 Å². The van der Waals surface area contributed by atoms with Gasteiger partial charge in [0, 0.05) is 17.1 Å². The summed E-state index contributed by atoms with van der Waals surface area (Å²) in [6, 6.07) is 9.23. The summed E-state index contributed by atoms with van der Waals surface area (Å²) in [6.45, 7) is 1.10. The maximum atomic E-state index is 9.52. The molecule has 0 aromatic heterocycles. The minimum Gasteiger partial charge on any atom is -0.393 e. The zero-order chi connectivity index (χ0) is 13.0. The van der Waals surface area contributed by atoms with Gasteiger partial charge in [0.15, 0.2) is 0 Å². The third-order valence-electron chi connectivity index (χ3n) is 3.96. The molecule has 2 nitrogen and oxygen atoms in total. The quantitative estimate of drug-likeness (QED) is 0.923. The molecule has 1 aromatic rings. The Morgan fingerprint density at radius 3 is 2.39 bits per heavy atom. The molecule has 0 bridgehead atoms. The van der Waals surface area contributed by atoms with Crippen molar-refractivity contribution in [2.24, 2.45) is 0 Å². The van der Waals surface area contributed by atoms with Crippen molar-refractivity contribution in [1.82, 2.24) is 4.90 Å². The first-order valence-corrected chi connectivity index (χ1v) is 7.57. The van der Waals surface area contributed by atoms with Crippen LogP contribution in [0.5, 0.6) is 0 Å². The van der Waals surface area contributed by atoms with E-state index in [1.165, 1.54) is 5.56 Å². The first kappa shape index (κ1) is 14.0. The second-order valence-corrected chi connectivity index (χ2v) is 6.24. The molecule has 0 heterocycles. The Morgan fingerprint density at radius 1 is 1.17 bits per heavy atom. The summed E-state index contributed by atoms with van der Waals surface area (Å²) in [7, 11) is 2.21. The largest absolute Gasteiger partial charge is 0.393 e. The van der Waals surface area contributed by atoms with Crippen LogP contribution in [0.4, 0.5) is 0 Å². The first-order valence-electron chi connectivity index (χ1n) is 6.78. The van der Waals surface area contributed by atoms with Crippen molar-refractivity contribution in [3.05, 3.63) is 34.3 Å². The average Bonchev–Trinajstić information content (AvgIpc) is 2.38. The number of hydrogen-bond acceptors (Lipinski definition) is 2. The van der Waals surface area contributed by atoms with E-state index in [9.17, 15) is 5.11 Å². The first-order chi connectivity index (χ1) is 8.65. The number of nitrogens with zero attached hydrogens (tertiary/aromatic N) is 1. The fourth-order valence-corrected chi connectivity index (χ4v) is 2.90. The van der Waals surface area contributed by atoms with Crippen molar-refractivity contribution in [2.75, 3.05) is 13.6 Å². The average molecular weight is 312 g/mol. The lowest BCUT2D eigenvalue weighted by Crippen LogP contribution is -2.37. The van der Waals surface area contributed by atoms with Gasteiger partial charge in [-0.05, 0) is 56.8 Å². The maximum Gasteiger partial charge on any atom is 0.0541 e. The highest BCUT2D eigenvalue weighted by Crippen LogP contribution is 2.22. The Morgan fingerprint density at radius 2 is 1.78 bits per heavy atom. The Hall–Kier alpha value is -0.380. The summed E-state index contributed by atoms with van der Waals surface area (Å²) < 4.78 is 1.14. The molecule has 0 atom stereocenters. The molecule has 1 fully saturated rings. The standard InChI is InChI=1S/C15H22BrNO/c1-17(14-6-8-15(18)9-7-14)11-10-12-2-4-13(16)5-3-12/h2-5,14-15,18H,6-11H2,1H3. The molecule has 18 heavy (non-hydrogen) atoms. The molecule has 0 spiro atoms. The van der Waals surface area contributed by atoms with E-state index in [-0.39, 0.29) is 6.10 Å². The van der Waals surface area contributed by atoms with Gasteiger partial charge in [-0.1, -0.05) is 28.1 Å². The van der Waals surface area contributed by atoms with Gasteiger partial charge in [-0.15, -0.1) is 0 Å². The van der Waals surface area contributed by atoms with Gasteiger partial charge in [-0.25, -0.2) is 0 Å². The van der Waals surface area contributed by atoms with E-state index in [1.807, 2.05) is 0 Å². The van der Waals surface area contributed by atoms with Crippen LogP contribution in [0, 0.1) is 0 Å². The van der Waals surface area contributed by atoms with Crippen molar-refractivity contribution in [1.29, 1.82) is 0 Å². The molecule has 0 unspecified atom stereocenters. The number of likely N-dealkylation sites (N-methyl/N-ethyl adjacent to an activating group) is 1. The van der Waals surface area contributed by atoms with Gasteiger partial charge in [0.1, 0.15) is 0 Å². The Bertz CT molecular complexity index is 357. The van der Waals surface area contributed by atoms with E-state index in [2.05, 4.69) is 52.1 Å². The number of benzene rings is 1. The zero-order valence-electron chi connectivity index (χ0n) is 11.0. The lowest BCUT2D eigenvalue weighted by atomic mass is 9.92. The lowest BCUT2D eigenvalue weighted by Gasteiger charge is -2.33. The molecule has 3 heteroatoms. The summed E-state index contributed by atoms with van der Waals surface area (Å²) in [5.41, 5.74) is 1.39. The van der Waals surface area contributed by atoms with Crippen molar-refractivity contribution in [3.8, 4) is 0 Å². The summed E-state index contributed by atoms with van der Waals surface area (Å²) >= 11 is 3.46. The third kappa shape index (κ3) is 4.08. The highest BCUT2D eigenvalue weighted by atomic mass is 79.9. The number of halogens is 1. The van der Waals surface area contributed by atoms with E-state index in [0.29, 0.717) is 6.04 Å². The second kappa shape index (κ2) is 6.69. The van der Waals surface area contributed by atoms with Crippen LogP contribution in [0.15, 0.2) is 28.7 Å². The van der Waals surface area contributed by atoms with Crippen LogP contribution < -0.4 is 0 Å². The summed E-state index contributed by atoms with van der Waals surface area (Å²) in [5, 5.41) is 9.52. The van der Waals surface area contributed by atoms with Crippen LogP contribution in [0.2, 0.25) is 0 Å². The van der Waals surface area contributed by atoms with Crippen molar-refractivity contribution in [3.63, 3.8) is 0 Å². The summed E-state index contributed by atoms with van der Waals surface area (Å²) in [6.07, 6.45) is 5.25. The van der Waals surface area contributed by atoms with Gasteiger partial charge in [-0.3, -0.25) is 0 Å². The smallest absolute Gasteiger partial charge is 0.0541 e. The molecule has 0 saturated heterocycles. The molecule has 1 aromatic carbocycles. The van der Waals surface area contributed by atoms with Crippen LogP contribution in [0.25, 0.3) is 0 Å². The molecule has 2 rings (SSSR count). The van der Waals surface area contributed by atoms with E-state index < -0.39 is 0 Å². The highest BCUT2D eigenvalue weighted by molar-refractivity contribution is 9.10. The summed E-state index contributed by atoms with van der Waals surface area (Å²) in [4.78, 5) is 2.45. The molecule has 100 valence electrons. The molecular formula is C15H22BrNO. The molecule has 0 radical (unpaired) electrons. The fraction of sp³-hybridized carbons (Fsp3) is 0.600. The van der Waals surface area contributed by atoms with E-state index >= 15 is 0 Å². The highest BCUT2D eigenvalue weighted by Gasteiger charge is 2.22. The van der Waals surface area contributed by atoms with Crippen molar-refractivity contribution >= 4 is 15.9 Å². The Kier molecular flexibility index (Phi) is 5.22. The fourth-order valence-electron chi connectivity index (χ4n) is 2.64. The van der Waals surface area contributed by atoms with E-state index in [1.54, 1.807) is 0 Å². The maximum absolute atomic E-state index is 9.52. The lowest BCUT2D eigenvalue weighted by molar-refractivity contribution is 0.0847. The van der Waals surface area contributed by atoms with Gasteiger partial charge in [0.2, 0.25) is 0 Å². The molecular weight excluding hydrogens is 290 g/mol. The van der Waals surface area contributed by atoms with Gasteiger partial charge < -0.3 is 10.0 Å². The van der Waals surface area contributed by atoms with Gasteiger partial charge in [-0.2, -0.15) is 0 Å². The van der Waals surface area contributed by atoms with Gasteiger partial charge in [0.25, 0.3) is 0 Å². The van der Waals surface area contributed by atoms with Crippen molar-refractivity contribution < 1.29 is 5.11 Å². The predicted octanol–water partition coefficient (Wildman–Crippen LogP) is 3.23. The molecule has 0 aliphatic heterocycles. The van der Waals surface area contributed by atoms with Crippen LogP contribution in [-0.2, 0) is 6.42 Å². The van der Waals surface area contributed by atoms with Crippen LogP contribution in [0.1, 0.15) is 31.2 Å². The number of rotatable bonds is 4. The monoisotopic (exact) mass is 311 g/mol. The minimum absolute atomic E-state index is 0.0545. The molecule has 1 saturated carbocycles. The SMILES string of the molecule is CN(CCc1ccc(Br)cc1)C1CCC(O)CC1.